The molecule has 180 valence electrons. The van der Waals surface area contributed by atoms with E-state index in [9.17, 15) is 9.18 Å². The number of H-pyrrole nitrogens is 1. The highest BCUT2D eigenvalue weighted by Gasteiger charge is 2.30. The van der Waals surface area contributed by atoms with E-state index >= 15 is 0 Å². The van der Waals surface area contributed by atoms with Gasteiger partial charge < -0.3 is 20.5 Å². The van der Waals surface area contributed by atoms with Gasteiger partial charge in [-0.15, -0.1) is 0 Å². The number of rotatable bonds is 6. The molecule has 2 amide bonds. The lowest BCUT2D eigenvalue weighted by atomic mass is 9.83. The van der Waals surface area contributed by atoms with Crippen LogP contribution >= 0.6 is 0 Å². The number of carbonyl (C=O) groups is 1. The molecule has 2 fully saturated rings. The molecule has 0 bridgehead atoms. The summed E-state index contributed by atoms with van der Waals surface area (Å²) in [5.74, 6) is 0.925. The molecule has 3 N–H and O–H groups in total. The van der Waals surface area contributed by atoms with Crippen LogP contribution in [0.5, 0.6) is 0 Å². The Morgan fingerprint density at radius 3 is 2.76 bits per heavy atom. The molecule has 1 saturated carbocycles. The van der Waals surface area contributed by atoms with Gasteiger partial charge in [0.15, 0.2) is 0 Å². The Balaban J connectivity index is 1.15. The molecule has 3 atom stereocenters. The summed E-state index contributed by atoms with van der Waals surface area (Å²) < 4.78 is 13.2. The molecule has 1 saturated heterocycles. The topological polar surface area (TPSA) is 60.2 Å². The number of halogens is 1. The Bertz CT molecular complexity index is 1100. The summed E-state index contributed by atoms with van der Waals surface area (Å²) in [7, 11) is 0. The van der Waals surface area contributed by atoms with Gasteiger partial charge >= 0.3 is 6.03 Å². The fraction of sp³-hybridized carbons (Fsp3) is 0.464. The van der Waals surface area contributed by atoms with Crippen LogP contribution < -0.4 is 10.6 Å². The van der Waals surface area contributed by atoms with Crippen LogP contribution in [0.15, 0.2) is 54.7 Å². The van der Waals surface area contributed by atoms with E-state index in [1.165, 1.54) is 37.7 Å². The van der Waals surface area contributed by atoms with E-state index in [4.69, 9.17) is 0 Å². The number of hydrogen-bond acceptors (Lipinski definition) is 2. The number of piperidine rings is 1. The first-order chi connectivity index (χ1) is 16.6. The van der Waals surface area contributed by atoms with E-state index in [0.29, 0.717) is 11.8 Å². The van der Waals surface area contributed by atoms with Gasteiger partial charge in [0.2, 0.25) is 0 Å². The average Bonchev–Trinajstić information content (AvgIpc) is 3.30. The van der Waals surface area contributed by atoms with Crippen LogP contribution in [0.4, 0.5) is 14.9 Å². The van der Waals surface area contributed by atoms with Crippen molar-refractivity contribution in [2.24, 2.45) is 11.8 Å². The van der Waals surface area contributed by atoms with Gasteiger partial charge in [0.05, 0.1) is 0 Å². The minimum absolute atomic E-state index is 0.115. The van der Waals surface area contributed by atoms with Crippen LogP contribution in [-0.2, 0) is 6.42 Å². The van der Waals surface area contributed by atoms with E-state index in [2.05, 4.69) is 20.5 Å². The summed E-state index contributed by atoms with van der Waals surface area (Å²) >= 11 is 0. The number of carbonyl (C=O) groups excluding carboxylic acids is 1. The van der Waals surface area contributed by atoms with Gasteiger partial charge in [0.1, 0.15) is 5.82 Å². The number of urea groups is 1. The molecule has 5 nitrogen and oxygen atoms in total. The third kappa shape index (κ3) is 5.79. The number of fused-ring (bicyclic) bond motifs is 1. The largest absolute Gasteiger partial charge is 0.361 e. The van der Waals surface area contributed by atoms with E-state index in [-0.39, 0.29) is 17.9 Å². The summed E-state index contributed by atoms with van der Waals surface area (Å²) in [6.07, 6.45) is 9.97. The van der Waals surface area contributed by atoms with Gasteiger partial charge in [0.25, 0.3) is 0 Å². The predicted molar refractivity (Wildman–Crippen MR) is 135 cm³/mol. The molecular formula is C28H35FN4O. The van der Waals surface area contributed by atoms with Crippen LogP contribution in [0.3, 0.4) is 0 Å². The van der Waals surface area contributed by atoms with Crippen molar-refractivity contribution in [3.05, 3.63) is 66.1 Å². The molecule has 1 aliphatic carbocycles. The van der Waals surface area contributed by atoms with Crippen molar-refractivity contribution in [3.8, 4) is 0 Å². The van der Waals surface area contributed by atoms with Crippen LogP contribution in [0, 0.1) is 17.7 Å². The molecule has 0 spiro atoms. The lowest BCUT2D eigenvalue weighted by molar-refractivity contribution is 0.123. The van der Waals surface area contributed by atoms with Gasteiger partial charge in [-0.3, -0.25) is 0 Å². The fourth-order valence-corrected chi connectivity index (χ4v) is 5.85. The van der Waals surface area contributed by atoms with Crippen LogP contribution in [0.1, 0.15) is 44.1 Å². The van der Waals surface area contributed by atoms with Crippen molar-refractivity contribution in [2.75, 3.05) is 25.0 Å². The molecular weight excluding hydrogens is 427 g/mol. The molecule has 0 radical (unpaired) electrons. The maximum atomic E-state index is 13.2. The number of benzene rings is 2. The summed E-state index contributed by atoms with van der Waals surface area (Å²) in [6.45, 7) is 3.26. The SMILES string of the molecule is O=C(Nc1ccc2cc[nH]c2c1)N[C@@H]1CCCC[C@H]1CN1CCC[C@@H](Cc2ccc(F)cc2)C1. The second-order valence-electron chi connectivity index (χ2n) is 10.1. The minimum Gasteiger partial charge on any atom is -0.361 e. The highest BCUT2D eigenvalue weighted by Crippen LogP contribution is 2.28. The van der Waals surface area contributed by atoms with Crippen molar-refractivity contribution in [1.82, 2.24) is 15.2 Å². The van der Waals surface area contributed by atoms with E-state index < -0.39 is 0 Å². The number of nitrogens with one attached hydrogen (secondary N) is 3. The standard InChI is InChI=1S/C28H35FN4O/c29-24-10-7-20(8-11-24)16-21-4-3-15-33(18-21)19-23-5-1-2-6-26(23)32-28(34)31-25-12-9-22-13-14-30-27(22)17-25/h7-14,17,21,23,26,30H,1-6,15-16,18-19H2,(H2,31,32,34)/t21-,23-,26+/m0/s1. The lowest BCUT2D eigenvalue weighted by Crippen LogP contribution is -2.49. The van der Waals surface area contributed by atoms with Gasteiger partial charge in [-0.1, -0.05) is 31.0 Å². The van der Waals surface area contributed by atoms with E-state index in [1.54, 1.807) is 12.1 Å². The normalized spacial score (nSPS) is 23.6. The van der Waals surface area contributed by atoms with E-state index in [1.807, 2.05) is 42.6 Å². The predicted octanol–water partition coefficient (Wildman–Crippen LogP) is 5.94. The monoisotopic (exact) mass is 462 g/mol. The third-order valence-corrected chi connectivity index (χ3v) is 7.57. The van der Waals surface area contributed by atoms with Crippen LogP contribution in [-0.4, -0.2) is 41.6 Å². The van der Waals surface area contributed by atoms with Gasteiger partial charge in [-0.05, 0) is 91.8 Å². The van der Waals surface area contributed by atoms with Gasteiger partial charge in [-0.25, -0.2) is 9.18 Å². The van der Waals surface area contributed by atoms with Gasteiger partial charge in [-0.2, -0.15) is 0 Å². The molecule has 2 aromatic carbocycles. The first-order valence-corrected chi connectivity index (χ1v) is 12.7. The zero-order valence-corrected chi connectivity index (χ0v) is 19.7. The Morgan fingerprint density at radius 2 is 1.88 bits per heavy atom. The zero-order chi connectivity index (χ0) is 23.3. The molecule has 0 unspecified atom stereocenters. The van der Waals surface area contributed by atoms with Crippen molar-refractivity contribution in [1.29, 1.82) is 0 Å². The molecule has 1 aliphatic heterocycles. The number of aromatic amines is 1. The van der Waals surface area contributed by atoms with Gasteiger partial charge in [0, 0.05) is 36.5 Å². The molecule has 2 aliphatic rings. The Hall–Kier alpha value is -2.86. The number of nitrogens with zero attached hydrogens (tertiary/aromatic N) is 1. The average molecular weight is 463 g/mol. The Morgan fingerprint density at radius 1 is 1.03 bits per heavy atom. The number of likely N-dealkylation sites (tertiary alicyclic amines) is 1. The first-order valence-electron chi connectivity index (χ1n) is 12.7. The first kappa shape index (κ1) is 22.9. The summed E-state index contributed by atoms with van der Waals surface area (Å²) in [5, 5.41) is 7.44. The summed E-state index contributed by atoms with van der Waals surface area (Å²) in [5.41, 5.74) is 3.05. The minimum atomic E-state index is -0.168. The van der Waals surface area contributed by atoms with Crippen LogP contribution in [0.25, 0.3) is 10.9 Å². The molecule has 6 heteroatoms. The summed E-state index contributed by atoms with van der Waals surface area (Å²) in [6, 6.07) is 15.0. The quantitative estimate of drug-likeness (QED) is 0.424. The Kier molecular flexibility index (Phi) is 7.14. The summed E-state index contributed by atoms with van der Waals surface area (Å²) in [4.78, 5) is 18.6. The van der Waals surface area contributed by atoms with Crippen molar-refractivity contribution in [2.45, 2.75) is 51.0 Å². The fourth-order valence-electron chi connectivity index (χ4n) is 5.85. The number of hydrogen-bond donors (Lipinski definition) is 3. The van der Waals surface area contributed by atoms with E-state index in [0.717, 1.165) is 49.1 Å². The third-order valence-electron chi connectivity index (χ3n) is 7.57. The van der Waals surface area contributed by atoms with Crippen molar-refractivity contribution < 1.29 is 9.18 Å². The second kappa shape index (κ2) is 10.6. The Labute approximate surface area is 201 Å². The molecule has 3 aromatic rings. The molecule has 5 rings (SSSR count). The smallest absolute Gasteiger partial charge is 0.319 e. The second-order valence-corrected chi connectivity index (χ2v) is 10.1. The van der Waals surface area contributed by atoms with Crippen molar-refractivity contribution >= 4 is 22.6 Å². The molecule has 2 heterocycles. The highest BCUT2D eigenvalue weighted by molar-refractivity contribution is 5.92. The maximum absolute atomic E-state index is 13.2. The number of aromatic nitrogens is 1. The zero-order valence-electron chi connectivity index (χ0n) is 19.7. The molecule has 1 aromatic heterocycles. The number of anilines is 1. The van der Waals surface area contributed by atoms with Crippen molar-refractivity contribution in [3.63, 3.8) is 0 Å². The highest BCUT2D eigenvalue weighted by atomic mass is 19.1. The maximum Gasteiger partial charge on any atom is 0.319 e. The molecule has 34 heavy (non-hydrogen) atoms. The lowest BCUT2D eigenvalue weighted by Gasteiger charge is -2.39. The van der Waals surface area contributed by atoms with Crippen LogP contribution in [0.2, 0.25) is 0 Å². The number of amides is 2.